The summed E-state index contributed by atoms with van der Waals surface area (Å²) in [6.45, 7) is 6.21. The van der Waals surface area contributed by atoms with E-state index >= 15 is 0 Å². The maximum Gasteiger partial charge on any atom is 0.225 e. The summed E-state index contributed by atoms with van der Waals surface area (Å²) in [6, 6.07) is 0. The molecule has 0 aromatic carbocycles. The van der Waals surface area contributed by atoms with Crippen molar-refractivity contribution < 1.29 is 9.59 Å². The zero-order valence-corrected chi connectivity index (χ0v) is 10.7. The third-order valence-electron chi connectivity index (χ3n) is 3.51. The van der Waals surface area contributed by atoms with Crippen molar-refractivity contribution in [3.63, 3.8) is 0 Å². The van der Waals surface area contributed by atoms with E-state index in [4.69, 9.17) is 0 Å². The van der Waals surface area contributed by atoms with Crippen LogP contribution < -0.4 is 0 Å². The molecule has 1 heterocycles. The summed E-state index contributed by atoms with van der Waals surface area (Å²) in [6.07, 6.45) is 4.08. The normalized spacial score (nSPS) is 32.1. The van der Waals surface area contributed by atoms with Gasteiger partial charge in [-0.2, -0.15) is 0 Å². The highest BCUT2D eigenvalue weighted by molar-refractivity contribution is 6.78. The van der Waals surface area contributed by atoms with Gasteiger partial charge < -0.3 is 4.57 Å². The standard InChI is InChI=1S/C11H19NO2Si/c1-15(2,3)12-10(13)8-6-4-5-7-9(8)11(12)14/h8-9H,4-7H2,1-3H3. The summed E-state index contributed by atoms with van der Waals surface area (Å²) in [5.74, 6) is 0.309. The Bertz CT molecular complexity index is 284. The van der Waals surface area contributed by atoms with Crippen molar-refractivity contribution >= 4 is 20.0 Å². The van der Waals surface area contributed by atoms with E-state index < -0.39 is 8.24 Å². The number of imide groups is 1. The quantitative estimate of drug-likeness (QED) is 0.505. The maximum absolute atomic E-state index is 12.1. The second-order valence-corrected chi connectivity index (χ2v) is 10.5. The molecule has 2 unspecified atom stereocenters. The van der Waals surface area contributed by atoms with Gasteiger partial charge in [-0.25, -0.2) is 0 Å². The van der Waals surface area contributed by atoms with Gasteiger partial charge in [-0.05, 0) is 12.8 Å². The molecular weight excluding hydrogens is 206 g/mol. The molecule has 0 N–H and O–H groups in total. The minimum atomic E-state index is -1.80. The number of hydrogen-bond donors (Lipinski definition) is 0. The highest BCUT2D eigenvalue weighted by Crippen LogP contribution is 2.39. The maximum atomic E-state index is 12.1. The molecule has 1 aliphatic carbocycles. The second kappa shape index (κ2) is 3.44. The average molecular weight is 225 g/mol. The van der Waals surface area contributed by atoms with Crippen LogP contribution in [-0.2, 0) is 9.59 Å². The van der Waals surface area contributed by atoms with Crippen LogP contribution in [0.15, 0.2) is 0 Å². The predicted octanol–water partition coefficient (Wildman–Crippen LogP) is 2.00. The molecule has 0 bridgehead atoms. The highest BCUT2D eigenvalue weighted by Gasteiger charge is 2.51. The number of amides is 2. The van der Waals surface area contributed by atoms with Crippen LogP contribution in [-0.4, -0.2) is 24.6 Å². The van der Waals surface area contributed by atoms with Crippen molar-refractivity contribution in [3.8, 4) is 0 Å². The van der Waals surface area contributed by atoms with Crippen molar-refractivity contribution in [1.82, 2.24) is 4.57 Å². The molecule has 2 fully saturated rings. The van der Waals surface area contributed by atoms with E-state index in [0.717, 1.165) is 25.7 Å². The van der Waals surface area contributed by atoms with Crippen molar-refractivity contribution in [2.45, 2.75) is 45.3 Å². The summed E-state index contributed by atoms with van der Waals surface area (Å²) >= 11 is 0. The van der Waals surface area contributed by atoms with E-state index in [9.17, 15) is 9.59 Å². The Morgan fingerprint density at radius 1 is 1.00 bits per heavy atom. The first kappa shape index (κ1) is 10.9. The molecule has 1 aliphatic heterocycles. The van der Waals surface area contributed by atoms with Gasteiger partial charge in [-0.15, -0.1) is 0 Å². The largest absolute Gasteiger partial charge is 0.312 e. The number of rotatable bonds is 1. The topological polar surface area (TPSA) is 37.4 Å². The van der Waals surface area contributed by atoms with Crippen LogP contribution in [0, 0.1) is 11.8 Å². The van der Waals surface area contributed by atoms with Crippen LogP contribution in [0.4, 0.5) is 0 Å². The highest BCUT2D eigenvalue weighted by atomic mass is 28.3. The lowest BCUT2D eigenvalue weighted by atomic mass is 9.81. The smallest absolute Gasteiger partial charge is 0.225 e. The van der Waals surface area contributed by atoms with Crippen LogP contribution in [0.5, 0.6) is 0 Å². The number of fused-ring (bicyclic) bond motifs is 1. The lowest BCUT2D eigenvalue weighted by molar-refractivity contribution is -0.134. The van der Waals surface area contributed by atoms with Gasteiger partial charge in [-0.1, -0.05) is 32.5 Å². The van der Waals surface area contributed by atoms with Crippen molar-refractivity contribution in [2.75, 3.05) is 0 Å². The fourth-order valence-electron chi connectivity index (χ4n) is 2.82. The molecule has 0 radical (unpaired) electrons. The van der Waals surface area contributed by atoms with Crippen LogP contribution in [0.2, 0.25) is 19.6 Å². The van der Waals surface area contributed by atoms with Crippen LogP contribution >= 0.6 is 0 Å². The van der Waals surface area contributed by atoms with Gasteiger partial charge in [0.2, 0.25) is 11.8 Å². The molecule has 0 spiro atoms. The summed E-state index contributed by atoms with van der Waals surface area (Å²) < 4.78 is 1.63. The molecule has 1 saturated heterocycles. The molecular formula is C11H19NO2Si. The molecule has 2 amide bonds. The summed E-state index contributed by atoms with van der Waals surface area (Å²) in [5.41, 5.74) is 0. The summed E-state index contributed by atoms with van der Waals surface area (Å²) in [4.78, 5) is 24.3. The monoisotopic (exact) mass is 225 g/mol. The molecule has 2 rings (SSSR count). The van der Waals surface area contributed by atoms with Crippen LogP contribution in [0.3, 0.4) is 0 Å². The van der Waals surface area contributed by atoms with Gasteiger partial charge in [0.05, 0.1) is 0 Å². The van der Waals surface area contributed by atoms with E-state index in [1.165, 1.54) is 0 Å². The van der Waals surface area contributed by atoms with Gasteiger partial charge in [0.25, 0.3) is 0 Å². The molecule has 2 atom stereocenters. The number of nitrogens with zero attached hydrogens (tertiary/aromatic N) is 1. The first-order valence-electron chi connectivity index (χ1n) is 5.81. The zero-order valence-electron chi connectivity index (χ0n) is 9.75. The Kier molecular flexibility index (Phi) is 2.49. The fraction of sp³-hybridized carbons (Fsp3) is 0.818. The second-order valence-electron chi connectivity index (χ2n) is 5.68. The van der Waals surface area contributed by atoms with Crippen molar-refractivity contribution in [2.24, 2.45) is 11.8 Å². The number of carbonyl (C=O) groups is 2. The first-order chi connectivity index (χ1) is 6.93. The third-order valence-corrected chi connectivity index (χ3v) is 5.29. The Labute approximate surface area is 91.9 Å². The van der Waals surface area contributed by atoms with Gasteiger partial charge >= 0.3 is 0 Å². The molecule has 0 aromatic heterocycles. The van der Waals surface area contributed by atoms with Gasteiger partial charge in [0.1, 0.15) is 0 Å². The lowest BCUT2D eigenvalue weighted by Crippen LogP contribution is -2.50. The van der Waals surface area contributed by atoms with E-state index in [1.807, 2.05) is 0 Å². The van der Waals surface area contributed by atoms with E-state index in [1.54, 1.807) is 4.57 Å². The first-order valence-corrected chi connectivity index (χ1v) is 9.25. The molecule has 4 heteroatoms. The molecule has 84 valence electrons. The van der Waals surface area contributed by atoms with E-state index in [2.05, 4.69) is 19.6 Å². The summed E-state index contributed by atoms with van der Waals surface area (Å²) in [7, 11) is -1.80. The fourth-order valence-corrected chi connectivity index (χ4v) is 4.48. The minimum absolute atomic E-state index is 0.0259. The number of hydrogen-bond acceptors (Lipinski definition) is 2. The molecule has 1 saturated carbocycles. The van der Waals surface area contributed by atoms with E-state index in [0.29, 0.717) is 0 Å². The molecule has 2 aliphatic rings. The van der Waals surface area contributed by atoms with Crippen LogP contribution in [0.1, 0.15) is 25.7 Å². The molecule has 3 nitrogen and oxygen atoms in total. The van der Waals surface area contributed by atoms with Crippen molar-refractivity contribution in [1.29, 1.82) is 0 Å². The van der Waals surface area contributed by atoms with Gasteiger partial charge in [0.15, 0.2) is 8.24 Å². The minimum Gasteiger partial charge on any atom is -0.312 e. The Morgan fingerprint density at radius 3 is 1.73 bits per heavy atom. The van der Waals surface area contributed by atoms with Gasteiger partial charge in [0, 0.05) is 11.8 Å². The number of carbonyl (C=O) groups excluding carboxylic acids is 2. The Hall–Kier alpha value is -0.643. The molecule has 0 aromatic rings. The third kappa shape index (κ3) is 1.65. The predicted molar refractivity (Wildman–Crippen MR) is 60.6 cm³/mol. The molecule has 15 heavy (non-hydrogen) atoms. The zero-order chi connectivity index (χ0) is 11.2. The SMILES string of the molecule is C[Si](C)(C)N1C(=O)C2CCCCC2C1=O. The van der Waals surface area contributed by atoms with Crippen LogP contribution in [0.25, 0.3) is 0 Å². The Morgan fingerprint density at radius 2 is 1.40 bits per heavy atom. The van der Waals surface area contributed by atoms with Gasteiger partial charge in [-0.3, -0.25) is 9.59 Å². The lowest BCUT2D eigenvalue weighted by Gasteiger charge is -2.28. The average Bonchev–Trinajstić information content (AvgIpc) is 2.39. The summed E-state index contributed by atoms with van der Waals surface area (Å²) in [5, 5.41) is 0. The van der Waals surface area contributed by atoms with Crippen molar-refractivity contribution in [3.05, 3.63) is 0 Å². The van der Waals surface area contributed by atoms with E-state index in [-0.39, 0.29) is 23.7 Å². The Balaban J connectivity index is 2.29.